The minimum absolute atomic E-state index is 0.0371. The van der Waals surface area contributed by atoms with E-state index in [0.717, 1.165) is 25.7 Å². The molecule has 0 unspecified atom stereocenters. The number of benzene rings is 1. The zero-order valence-electron chi connectivity index (χ0n) is 11.8. The molecule has 1 aliphatic carbocycles. The summed E-state index contributed by atoms with van der Waals surface area (Å²) in [5.41, 5.74) is 0.623. The second-order valence-electron chi connectivity index (χ2n) is 5.73. The number of imidazole rings is 1. The fourth-order valence-electron chi connectivity index (χ4n) is 3.12. The number of hydrogen-bond acceptors (Lipinski definition) is 3. The summed E-state index contributed by atoms with van der Waals surface area (Å²) in [4.78, 5) is 26.9. The molecule has 0 saturated heterocycles. The Morgan fingerprint density at radius 3 is 2.76 bits per heavy atom. The van der Waals surface area contributed by atoms with E-state index in [0.29, 0.717) is 11.0 Å². The zero-order valence-corrected chi connectivity index (χ0v) is 11.8. The maximum Gasteiger partial charge on any atom is 0.326 e. The number of aliphatic hydroxyl groups excluding tert-OH is 1. The highest BCUT2D eigenvalue weighted by Gasteiger charge is 2.34. The molecule has 3 N–H and O–H groups in total. The molecule has 0 spiro atoms. The van der Waals surface area contributed by atoms with E-state index in [1.165, 1.54) is 4.57 Å². The Morgan fingerprint density at radius 1 is 1.33 bits per heavy atom. The average Bonchev–Trinajstić information content (AvgIpc) is 3.05. The van der Waals surface area contributed by atoms with Crippen LogP contribution in [-0.4, -0.2) is 32.7 Å². The number of aliphatic hydroxyl groups is 1. The van der Waals surface area contributed by atoms with Crippen molar-refractivity contribution in [2.24, 2.45) is 0 Å². The second-order valence-corrected chi connectivity index (χ2v) is 5.73. The highest BCUT2D eigenvalue weighted by atomic mass is 16.3. The zero-order chi connectivity index (χ0) is 14.9. The lowest BCUT2D eigenvalue weighted by molar-refractivity contribution is -0.124. The molecular formula is C15H19N3O3. The van der Waals surface area contributed by atoms with E-state index in [9.17, 15) is 14.7 Å². The maximum atomic E-state index is 12.2. The molecule has 1 heterocycles. The molecule has 1 saturated carbocycles. The normalized spacial score (nSPS) is 17.2. The first kappa shape index (κ1) is 13.9. The monoisotopic (exact) mass is 289 g/mol. The minimum atomic E-state index is -0.507. The van der Waals surface area contributed by atoms with Crippen LogP contribution in [-0.2, 0) is 11.3 Å². The Balaban J connectivity index is 1.80. The summed E-state index contributed by atoms with van der Waals surface area (Å²) >= 11 is 0. The van der Waals surface area contributed by atoms with Gasteiger partial charge in [-0.2, -0.15) is 0 Å². The van der Waals surface area contributed by atoms with Crippen molar-refractivity contribution in [2.45, 2.75) is 37.8 Å². The first-order chi connectivity index (χ1) is 10.1. The van der Waals surface area contributed by atoms with Gasteiger partial charge in [-0.25, -0.2) is 4.79 Å². The van der Waals surface area contributed by atoms with Gasteiger partial charge in [0.1, 0.15) is 6.54 Å². The van der Waals surface area contributed by atoms with Gasteiger partial charge in [0.05, 0.1) is 23.2 Å². The van der Waals surface area contributed by atoms with Crippen molar-refractivity contribution >= 4 is 16.9 Å². The van der Waals surface area contributed by atoms with Crippen LogP contribution in [0.15, 0.2) is 29.1 Å². The first-order valence-electron chi connectivity index (χ1n) is 7.23. The number of nitrogens with one attached hydrogen (secondary N) is 2. The maximum absolute atomic E-state index is 12.2. The minimum Gasteiger partial charge on any atom is -0.394 e. The number of nitrogens with zero attached hydrogens (tertiary/aromatic N) is 1. The Kier molecular flexibility index (Phi) is 3.55. The third kappa shape index (κ3) is 2.58. The average molecular weight is 289 g/mol. The summed E-state index contributed by atoms with van der Waals surface area (Å²) in [6.45, 7) is -0.0912. The molecular weight excluding hydrogens is 270 g/mol. The van der Waals surface area contributed by atoms with E-state index >= 15 is 0 Å². The number of carbonyl (C=O) groups is 1. The summed E-state index contributed by atoms with van der Waals surface area (Å²) in [7, 11) is 0. The number of fused-ring (bicyclic) bond motifs is 1. The number of amides is 1. The molecule has 0 atom stereocenters. The van der Waals surface area contributed by atoms with E-state index < -0.39 is 5.54 Å². The SMILES string of the molecule is O=C(Cn1c(=O)[nH]c2ccccc21)NC1(CO)CCCC1. The number of para-hydroxylation sites is 2. The van der Waals surface area contributed by atoms with Crippen molar-refractivity contribution in [1.82, 2.24) is 14.9 Å². The molecule has 21 heavy (non-hydrogen) atoms. The number of rotatable bonds is 4. The first-order valence-corrected chi connectivity index (χ1v) is 7.23. The molecule has 1 aromatic carbocycles. The van der Waals surface area contributed by atoms with Crippen molar-refractivity contribution < 1.29 is 9.90 Å². The standard InChI is InChI=1S/C15H19N3O3/c19-10-15(7-3-4-8-15)17-13(20)9-18-12-6-2-1-5-11(12)16-14(18)21/h1-2,5-6,19H,3-4,7-10H2,(H,16,21)(H,17,20). The van der Waals surface area contributed by atoms with Crippen molar-refractivity contribution in [3.05, 3.63) is 34.7 Å². The molecule has 3 rings (SSSR count). The van der Waals surface area contributed by atoms with Gasteiger partial charge in [-0.1, -0.05) is 25.0 Å². The van der Waals surface area contributed by atoms with Gasteiger partial charge in [0.2, 0.25) is 5.91 Å². The third-order valence-corrected chi connectivity index (χ3v) is 4.25. The summed E-state index contributed by atoms with van der Waals surface area (Å²) in [6, 6.07) is 7.27. The Hall–Kier alpha value is -2.08. The van der Waals surface area contributed by atoms with Gasteiger partial charge in [0.25, 0.3) is 0 Å². The lowest BCUT2D eigenvalue weighted by Gasteiger charge is -2.28. The van der Waals surface area contributed by atoms with Crippen LogP contribution in [0.3, 0.4) is 0 Å². The van der Waals surface area contributed by atoms with Crippen LogP contribution in [0, 0.1) is 0 Å². The van der Waals surface area contributed by atoms with E-state index in [-0.39, 0.29) is 24.7 Å². The van der Waals surface area contributed by atoms with Crippen LogP contribution in [0.4, 0.5) is 0 Å². The van der Waals surface area contributed by atoms with Crippen molar-refractivity contribution in [3.8, 4) is 0 Å². The number of aromatic nitrogens is 2. The van der Waals surface area contributed by atoms with Crippen LogP contribution in [0.25, 0.3) is 11.0 Å². The second kappa shape index (κ2) is 5.37. The van der Waals surface area contributed by atoms with Gasteiger partial charge in [-0.05, 0) is 25.0 Å². The van der Waals surface area contributed by atoms with E-state index in [1.54, 1.807) is 12.1 Å². The number of carbonyl (C=O) groups excluding carboxylic acids is 1. The summed E-state index contributed by atoms with van der Waals surface area (Å²) in [5.74, 6) is -0.238. The van der Waals surface area contributed by atoms with Gasteiger partial charge < -0.3 is 15.4 Å². The molecule has 1 amide bonds. The van der Waals surface area contributed by atoms with Crippen LogP contribution < -0.4 is 11.0 Å². The number of hydrogen-bond donors (Lipinski definition) is 3. The molecule has 112 valence electrons. The highest BCUT2D eigenvalue weighted by molar-refractivity contribution is 5.80. The lowest BCUT2D eigenvalue weighted by Crippen LogP contribution is -2.50. The van der Waals surface area contributed by atoms with E-state index in [4.69, 9.17) is 0 Å². The summed E-state index contributed by atoms with van der Waals surface area (Å²) < 4.78 is 1.42. The van der Waals surface area contributed by atoms with Gasteiger partial charge >= 0.3 is 5.69 Å². The molecule has 1 fully saturated rings. The fourth-order valence-corrected chi connectivity index (χ4v) is 3.12. The predicted molar refractivity (Wildman–Crippen MR) is 79.0 cm³/mol. The molecule has 0 aliphatic heterocycles. The largest absolute Gasteiger partial charge is 0.394 e. The molecule has 0 radical (unpaired) electrons. The highest BCUT2D eigenvalue weighted by Crippen LogP contribution is 2.29. The van der Waals surface area contributed by atoms with Crippen LogP contribution in [0.2, 0.25) is 0 Å². The Bertz CT molecular complexity index is 710. The smallest absolute Gasteiger partial charge is 0.326 e. The van der Waals surface area contributed by atoms with Crippen molar-refractivity contribution in [1.29, 1.82) is 0 Å². The van der Waals surface area contributed by atoms with Gasteiger partial charge in [-0.15, -0.1) is 0 Å². The topological polar surface area (TPSA) is 87.1 Å². The van der Waals surface area contributed by atoms with Crippen molar-refractivity contribution in [2.75, 3.05) is 6.61 Å². The molecule has 2 aromatic rings. The lowest BCUT2D eigenvalue weighted by atomic mass is 9.99. The molecule has 6 nitrogen and oxygen atoms in total. The Morgan fingerprint density at radius 2 is 2.05 bits per heavy atom. The van der Waals surface area contributed by atoms with E-state index in [2.05, 4.69) is 10.3 Å². The van der Waals surface area contributed by atoms with Gasteiger partial charge in [-0.3, -0.25) is 9.36 Å². The molecule has 6 heteroatoms. The van der Waals surface area contributed by atoms with E-state index in [1.807, 2.05) is 12.1 Å². The van der Waals surface area contributed by atoms with Crippen LogP contribution >= 0.6 is 0 Å². The van der Waals surface area contributed by atoms with Crippen molar-refractivity contribution in [3.63, 3.8) is 0 Å². The Labute approximate surface area is 121 Å². The molecule has 1 aromatic heterocycles. The van der Waals surface area contributed by atoms with Gasteiger partial charge in [0.15, 0.2) is 0 Å². The number of H-pyrrole nitrogens is 1. The summed E-state index contributed by atoms with van der Waals surface area (Å²) in [5, 5.41) is 12.4. The summed E-state index contributed by atoms with van der Waals surface area (Å²) in [6.07, 6.45) is 3.60. The predicted octanol–water partition coefficient (Wildman–Crippen LogP) is 0.751. The quantitative estimate of drug-likeness (QED) is 0.776. The van der Waals surface area contributed by atoms with Crippen LogP contribution in [0.1, 0.15) is 25.7 Å². The fraction of sp³-hybridized carbons (Fsp3) is 0.467. The molecule has 1 aliphatic rings. The molecule has 0 bridgehead atoms. The number of aromatic amines is 1. The van der Waals surface area contributed by atoms with Crippen LogP contribution in [0.5, 0.6) is 0 Å². The van der Waals surface area contributed by atoms with Gasteiger partial charge in [0, 0.05) is 0 Å². The third-order valence-electron chi connectivity index (χ3n) is 4.25.